The molecule has 0 spiro atoms. The van der Waals surface area contributed by atoms with Gasteiger partial charge in [-0.25, -0.2) is 8.42 Å². The van der Waals surface area contributed by atoms with Gasteiger partial charge in [0.25, 0.3) is 10.0 Å². The minimum absolute atomic E-state index is 0.00523. The zero-order chi connectivity index (χ0) is 19.8. The van der Waals surface area contributed by atoms with Gasteiger partial charge in [-0.3, -0.25) is 4.72 Å². The fourth-order valence-corrected chi connectivity index (χ4v) is 3.87. The van der Waals surface area contributed by atoms with E-state index in [0.29, 0.717) is 16.3 Å². The molecule has 0 fully saturated rings. The molecule has 3 aromatic carbocycles. The molecule has 9 heteroatoms. The number of phenols is 1. The van der Waals surface area contributed by atoms with E-state index in [2.05, 4.69) is 9.46 Å². The summed E-state index contributed by atoms with van der Waals surface area (Å²) in [6, 6.07) is 12.4. The van der Waals surface area contributed by atoms with Crippen LogP contribution in [0.15, 0.2) is 59.5 Å². The van der Waals surface area contributed by atoms with E-state index in [1.807, 2.05) is 0 Å². The lowest BCUT2D eigenvalue weighted by Gasteiger charge is -2.16. The molecule has 0 amide bonds. The Hall–Kier alpha value is -2.94. The topological polar surface area (TPSA) is 75.6 Å². The number of alkyl halides is 3. The number of rotatable bonds is 4. The average molecular weight is 397 g/mol. The molecule has 0 aliphatic carbocycles. The molecule has 3 rings (SSSR count). The highest BCUT2D eigenvalue weighted by Crippen LogP contribution is 2.36. The van der Waals surface area contributed by atoms with Crippen LogP contribution in [0.5, 0.6) is 11.5 Å². The van der Waals surface area contributed by atoms with Crippen LogP contribution in [0.2, 0.25) is 0 Å². The second-order valence-corrected chi connectivity index (χ2v) is 7.39. The smallest absolute Gasteiger partial charge is 0.507 e. The molecule has 0 saturated heterocycles. The number of hydrogen-bond donors (Lipinski definition) is 2. The van der Waals surface area contributed by atoms with Crippen molar-refractivity contribution < 1.29 is 31.4 Å². The number of aromatic hydroxyl groups is 1. The summed E-state index contributed by atoms with van der Waals surface area (Å²) in [4.78, 5) is -0.655. The molecule has 0 heterocycles. The van der Waals surface area contributed by atoms with E-state index < -0.39 is 27.0 Å². The van der Waals surface area contributed by atoms with E-state index in [4.69, 9.17) is 0 Å². The number of phenolic OH excluding ortho intramolecular Hbond substituents is 1. The Morgan fingerprint density at radius 3 is 2.26 bits per heavy atom. The molecule has 3 aromatic rings. The Bertz CT molecular complexity index is 1110. The number of ether oxygens (including phenoxy) is 1. The van der Waals surface area contributed by atoms with Crippen molar-refractivity contribution in [2.24, 2.45) is 0 Å². The molecule has 27 heavy (non-hydrogen) atoms. The van der Waals surface area contributed by atoms with Crippen LogP contribution in [0.25, 0.3) is 10.8 Å². The summed E-state index contributed by atoms with van der Waals surface area (Å²) in [5.41, 5.74) is 0.536. The Morgan fingerprint density at radius 1 is 1.00 bits per heavy atom. The van der Waals surface area contributed by atoms with Crippen LogP contribution in [-0.4, -0.2) is 19.9 Å². The van der Waals surface area contributed by atoms with E-state index in [1.54, 1.807) is 31.2 Å². The number of aryl methyl sites for hydroxylation is 1. The van der Waals surface area contributed by atoms with Crippen molar-refractivity contribution in [1.82, 2.24) is 0 Å². The fourth-order valence-electron chi connectivity index (χ4n) is 2.66. The molecule has 5 nitrogen and oxygen atoms in total. The molecule has 142 valence electrons. The molecule has 0 aliphatic rings. The number of para-hydroxylation sites is 1. The van der Waals surface area contributed by atoms with Crippen LogP contribution < -0.4 is 9.46 Å². The molecular formula is C18H14F3NO4S. The lowest BCUT2D eigenvalue weighted by atomic mass is 10.0. The SMILES string of the molecule is Cc1cc(NS(=O)(=O)c2ccccc2OC(F)(F)F)c2ccccc2c1O. The van der Waals surface area contributed by atoms with Gasteiger partial charge < -0.3 is 9.84 Å². The zero-order valence-electron chi connectivity index (χ0n) is 13.9. The van der Waals surface area contributed by atoms with Crippen molar-refractivity contribution in [1.29, 1.82) is 0 Å². The maximum Gasteiger partial charge on any atom is 0.573 e. The monoisotopic (exact) mass is 397 g/mol. The Kier molecular flexibility index (Phi) is 4.64. The predicted octanol–water partition coefficient (Wildman–Crippen LogP) is 4.55. The van der Waals surface area contributed by atoms with Crippen molar-refractivity contribution in [3.63, 3.8) is 0 Å². The summed E-state index contributed by atoms with van der Waals surface area (Å²) in [7, 11) is -4.39. The van der Waals surface area contributed by atoms with Gasteiger partial charge in [0.1, 0.15) is 16.4 Å². The molecule has 0 unspecified atom stereocenters. The number of hydrogen-bond acceptors (Lipinski definition) is 4. The second-order valence-electron chi connectivity index (χ2n) is 5.74. The summed E-state index contributed by atoms with van der Waals surface area (Å²) in [5.74, 6) is -0.841. The summed E-state index contributed by atoms with van der Waals surface area (Å²) >= 11 is 0. The fraction of sp³-hybridized carbons (Fsp3) is 0.111. The van der Waals surface area contributed by atoms with Crippen LogP contribution in [-0.2, 0) is 10.0 Å². The first kappa shape index (κ1) is 18.8. The van der Waals surface area contributed by atoms with Gasteiger partial charge >= 0.3 is 6.36 Å². The van der Waals surface area contributed by atoms with Gasteiger partial charge in [0.05, 0.1) is 5.69 Å². The second kappa shape index (κ2) is 6.66. The van der Waals surface area contributed by atoms with Gasteiger partial charge in [-0.1, -0.05) is 36.4 Å². The van der Waals surface area contributed by atoms with Gasteiger partial charge in [0.2, 0.25) is 0 Å². The van der Waals surface area contributed by atoms with Gasteiger partial charge in [0.15, 0.2) is 0 Å². The van der Waals surface area contributed by atoms with Crippen LogP contribution in [0.4, 0.5) is 18.9 Å². The first-order chi connectivity index (χ1) is 12.6. The molecule has 0 saturated carbocycles. The molecule has 0 atom stereocenters. The molecule has 2 N–H and O–H groups in total. The normalized spacial score (nSPS) is 12.1. The minimum atomic E-state index is -5.03. The van der Waals surface area contributed by atoms with Crippen molar-refractivity contribution in [2.45, 2.75) is 18.2 Å². The first-order valence-electron chi connectivity index (χ1n) is 7.67. The maximum atomic E-state index is 12.7. The summed E-state index contributed by atoms with van der Waals surface area (Å²) in [5, 5.41) is 11.0. The largest absolute Gasteiger partial charge is 0.573 e. The summed E-state index contributed by atoms with van der Waals surface area (Å²) in [6.07, 6.45) is -5.03. The first-order valence-corrected chi connectivity index (χ1v) is 9.16. The van der Waals surface area contributed by atoms with E-state index in [-0.39, 0.29) is 11.4 Å². The predicted molar refractivity (Wildman–Crippen MR) is 94.3 cm³/mol. The molecule has 0 bridgehead atoms. The molecular weight excluding hydrogens is 383 g/mol. The van der Waals surface area contributed by atoms with Gasteiger partial charge in [0, 0.05) is 10.8 Å². The van der Waals surface area contributed by atoms with Crippen LogP contribution in [0.3, 0.4) is 0 Å². The van der Waals surface area contributed by atoms with Crippen molar-refractivity contribution in [3.8, 4) is 11.5 Å². The highest BCUT2D eigenvalue weighted by atomic mass is 32.2. The van der Waals surface area contributed by atoms with E-state index in [1.165, 1.54) is 18.2 Å². The number of benzene rings is 3. The van der Waals surface area contributed by atoms with Crippen molar-refractivity contribution in [3.05, 3.63) is 60.2 Å². The van der Waals surface area contributed by atoms with Crippen molar-refractivity contribution >= 4 is 26.5 Å². The number of nitrogens with one attached hydrogen (secondary N) is 1. The Morgan fingerprint density at radius 2 is 1.59 bits per heavy atom. The summed E-state index contributed by atoms with van der Waals surface area (Å²) in [6.45, 7) is 1.58. The maximum absolute atomic E-state index is 12.7. The van der Waals surface area contributed by atoms with E-state index in [9.17, 15) is 26.7 Å². The minimum Gasteiger partial charge on any atom is -0.507 e. The Labute approximate surface area is 153 Å². The average Bonchev–Trinajstić information content (AvgIpc) is 2.58. The van der Waals surface area contributed by atoms with Crippen LogP contribution in [0, 0.1) is 6.92 Å². The van der Waals surface area contributed by atoms with Crippen LogP contribution >= 0.6 is 0 Å². The lowest BCUT2D eigenvalue weighted by Crippen LogP contribution is -2.21. The number of halogens is 3. The third-order valence-corrected chi connectivity index (χ3v) is 5.22. The molecule has 0 aromatic heterocycles. The number of anilines is 1. The summed E-state index contributed by atoms with van der Waals surface area (Å²) < 4.78 is 69.3. The van der Waals surface area contributed by atoms with E-state index in [0.717, 1.165) is 12.1 Å². The van der Waals surface area contributed by atoms with E-state index >= 15 is 0 Å². The zero-order valence-corrected chi connectivity index (χ0v) is 14.7. The molecule has 0 radical (unpaired) electrons. The highest BCUT2D eigenvalue weighted by Gasteiger charge is 2.34. The van der Waals surface area contributed by atoms with Crippen molar-refractivity contribution in [2.75, 3.05) is 4.72 Å². The standard InChI is InChI=1S/C18H14F3NO4S/c1-11-10-14(12-6-2-3-7-13(12)17(11)23)22-27(24,25)16-9-5-4-8-15(16)26-18(19,20)21/h2-10,22-23H,1H3. The third kappa shape index (κ3) is 3.92. The quantitative estimate of drug-likeness (QED) is 0.633. The highest BCUT2D eigenvalue weighted by molar-refractivity contribution is 7.92. The number of sulfonamides is 1. The molecule has 0 aliphatic heterocycles. The van der Waals surface area contributed by atoms with Gasteiger partial charge in [-0.2, -0.15) is 0 Å². The Balaban J connectivity index is 2.10. The number of fused-ring (bicyclic) bond motifs is 1. The van der Waals surface area contributed by atoms with Gasteiger partial charge in [-0.15, -0.1) is 13.2 Å². The lowest BCUT2D eigenvalue weighted by molar-refractivity contribution is -0.275. The van der Waals surface area contributed by atoms with Crippen LogP contribution in [0.1, 0.15) is 5.56 Å². The van der Waals surface area contributed by atoms with Gasteiger partial charge in [-0.05, 0) is 30.7 Å². The third-order valence-electron chi connectivity index (χ3n) is 3.82.